The Hall–Kier alpha value is -4.49. The lowest BCUT2D eigenvalue weighted by Gasteiger charge is -2.22. The molecule has 0 aromatic heterocycles. The van der Waals surface area contributed by atoms with Gasteiger partial charge >= 0.3 is 0 Å². The van der Waals surface area contributed by atoms with Gasteiger partial charge in [-0.2, -0.15) is 0 Å². The maximum atomic E-state index is 14.1. The van der Waals surface area contributed by atoms with Crippen LogP contribution in [0.25, 0.3) is 22.3 Å². The maximum Gasteiger partial charge on any atom is 0.123 e. The molecule has 0 saturated heterocycles. The van der Waals surface area contributed by atoms with Crippen molar-refractivity contribution in [3.63, 3.8) is 0 Å². The molecule has 0 N–H and O–H groups in total. The molecule has 172 valence electrons. The van der Waals surface area contributed by atoms with Gasteiger partial charge in [0.15, 0.2) is 0 Å². The summed E-state index contributed by atoms with van der Waals surface area (Å²) in [4.78, 5) is 0. The Morgan fingerprint density at radius 3 is 1.06 bits per heavy atom. The quantitative estimate of drug-likeness (QED) is 0.243. The Balaban J connectivity index is 1.77. The monoisotopic (exact) mass is 464 g/mol. The van der Waals surface area contributed by atoms with Gasteiger partial charge in [0.1, 0.15) is 5.82 Å². The first kappa shape index (κ1) is 22.0. The van der Waals surface area contributed by atoms with Gasteiger partial charge in [0, 0.05) is 5.92 Å². The van der Waals surface area contributed by atoms with E-state index in [0.717, 1.165) is 5.56 Å². The van der Waals surface area contributed by atoms with Crippen molar-refractivity contribution < 1.29 is 4.39 Å². The third-order valence-corrected chi connectivity index (χ3v) is 6.86. The van der Waals surface area contributed by atoms with E-state index < -0.39 is 0 Å². The topological polar surface area (TPSA) is 0 Å². The molecule has 0 unspecified atom stereocenters. The predicted octanol–water partition coefficient (Wildman–Crippen LogP) is 9.14. The molecule has 0 bridgehead atoms. The molecule has 0 radical (unpaired) electrons. The van der Waals surface area contributed by atoms with Crippen LogP contribution in [0, 0.1) is 5.82 Å². The molecule has 1 aliphatic carbocycles. The lowest BCUT2D eigenvalue weighted by atomic mass is 9.81. The van der Waals surface area contributed by atoms with E-state index in [1.165, 1.54) is 44.5 Å². The van der Waals surface area contributed by atoms with E-state index in [4.69, 9.17) is 0 Å². The molecular weight excluding hydrogens is 439 g/mol. The predicted molar refractivity (Wildman–Crippen MR) is 149 cm³/mol. The minimum atomic E-state index is -0.223. The second-order valence-corrected chi connectivity index (χ2v) is 9.03. The van der Waals surface area contributed by atoms with Crippen molar-refractivity contribution in [2.75, 3.05) is 0 Å². The van der Waals surface area contributed by atoms with E-state index in [-0.39, 0.29) is 11.7 Å². The molecule has 5 aromatic rings. The highest BCUT2D eigenvalue weighted by atomic mass is 19.1. The van der Waals surface area contributed by atoms with E-state index >= 15 is 0 Å². The normalized spacial score (nSPS) is 13.9. The molecule has 0 fully saturated rings. The Kier molecular flexibility index (Phi) is 5.89. The average Bonchev–Trinajstić information content (AvgIpc) is 3.31. The third-order valence-electron chi connectivity index (χ3n) is 6.86. The van der Waals surface area contributed by atoms with Crippen molar-refractivity contribution in [3.8, 4) is 0 Å². The first-order chi connectivity index (χ1) is 17.8. The Morgan fingerprint density at radius 2 is 0.694 bits per heavy atom. The fourth-order valence-corrected chi connectivity index (χ4v) is 5.36. The fraction of sp³-hybridized carbons (Fsp3) is 0.0286. The molecule has 0 aliphatic heterocycles. The first-order valence-corrected chi connectivity index (χ1v) is 12.3. The summed E-state index contributed by atoms with van der Waals surface area (Å²) in [7, 11) is 0. The first-order valence-electron chi connectivity index (χ1n) is 12.3. The van der Waals surface area contributed by atoms with Crippen LogP contribution in [0.2, 0.25) is 0 Å². The van der Waals surface area contributed by atoms with E-state index in [0.29, 0.717) is 0 Å². The minimum absolute atomic E-state index is 0.0548. The van der Waals surface area contributed by atoms with Gasteiger partial charge in [0.2, 0.25) is 0 Å². The summed E-state index contributed by atoms with van der Waals surface area (Å²) in [6, 6.07) is 49.5. The summed E-state index contributed by atoms with van der Waals surface area (Å²) < 4.78 is 14.1. The molecule has 6 rings (SSSR count). The summed E-state index contributed by atoms with van der Waals surface area (Å²) in [5.41, 5.74) is 10.7. The van der Waals surface area contributed by atoms with Crippen molar-refractivity contribution in [1.29, 1.82) is 0 Å². The van der Waals surface area contributed by atoms with Crippen molar-refractivity contribution >= 4 is 22.3 Å². The van der Waals surface area contributed by atoms with Crippen LogP contribution in [-0.4, -0.2) is 0 Å². The standard InChI is InChI=1S/C35H25F/c36-30-23-21-29(22-24-30)35-33(27-17-9-3-10-18-27)31(25-13-5-1-6-14-25)32(26-15-7-2-8-16-26)34(35)28-19-11-4-12-20-28/h1-24,35H. The van der Waals surface area contributed by atoms with Crippen molar-refractivity contribution in [3.05, 3.63) is 179 Å². The summed E-state index contributed by atoms with van der Waals surface area (Å²) in [5, 5.41) is 0. The summed E-state index contributed by atoms with van der Waals surface area (Å²) in [6.07, 6.45) is 0. The Labute approximate surface area is 211 Å². The zero-order valence-electron chi connectivity index (χ0n) is 19.8. The van der Waals surface area contributed by atoms with Crippen LogP contribution in [0.4, 0.5) is 4.39 Å². The minimum Gasteiger partial charge on any atom is -0.207 e. The van der Waals surface area contributed by atoms with E-state index in [1.807, 2.05) is 12.1 Å². The summed E-state index contributed by atoms with van der Waals surface area (Å²) in [5.74, 6) is -0.278. The number of rotatable bonds is 5. The van der Waals surface area contributed by atoms with Crippen molar-refractivity contribution in [2.24, 2.45) is 0 Å². The average molecular weight is 465 g/mol. The van der Waals surface area contributed by atoms with Crippen LogP contribution >= 0.6 is 0 Å². The van der Waals surface area contributed by atoms with Crippen LogP contribution < -0.4 is 0 Å². The number of allylic oxidation sites excluding steroid dienone is 4. The molecule has 1 aliphatic rings. The number of benzene rings is 5. The van der Waals surface area contributed by atoms with Crippen LogP contribution in [0.15, 0.2) is 146 Å². The van der Waals surface area contributed by atoms with Gasteiger partial charge in [-0.15, -0.1) is 0 Å². The summed E-state index contributed by atoms with van der Waals surface area (Å²) >= 11 is 0. The van der Waals surface area contributed by atoms with Crippen LogP contribution in [0.1, 0.15) is 33.7 Å². The second-order valence-electron chi connectivity index (χ2n) is 9.03. The molecule has 0 amide bonds. The molecule has 0 heterocycles. The molecule has 36 heavy (non-hydrogen) atoms. The summed E-state index contributed by atoms with van der Waals surface area (Å²) in [6.45, 7) is 0. The molecule has 0 nitrogen and oxygen atoms in total. The van der Waals surface area contributed by atoms with Gasteiger partial charge in [-0.1, -0.05) is 133 Å². The number of halogens is 1. The molecule has 0 saturated carbocycles. The van der Waals surface area contributed by atoms with Gasteiger partial charge < -0.3 is 0 Å². The highest BCUT2D eigenvalue weighted by molar-refractivity contribution is 6.29. The number of hydrogen-bond acceptors (Lipinski definition) is 0. The van der Waals surface area contributed by atoms with Gasteiger partial charge in [-0.05, 0) is 62.2 Å². The number of hydrogen-bond donors (Lipinski definition) is 0. The van der Waals surface area contributed by atoms with Crippen molar-refractivity contribution in [1.82, 2.24) is 0 Å². The Bertz CT molecular complexity index is 1430. The van der Waals surface area contributed by atoms with E-state index in [9.17, 15) is 4.39 Å². The van der Waals surface area contributed by atoms with Crippen molar-refractivity contribution in [2.45, 2.75) is 5.92 Å². The van der Waals surface area contributed by atoms with Gasteiger partial charge in [-0.25, -0.2) is 4.39 Å². The lowest BCUT2D eigenvalue weighted by molar-refractivity contribution is 0.627. The highest BCUT2D eigenvalue weighted by Gasteiger charge is 2.37. The molecule has 0 atom stereocenters. The second kappa shape index (κ2) is 9.64. The van der Waals surface area contributed by atoms with Gasteiger partial charge in [-0.3, -0.25) is 0 Å². The third kappa shape index (κ3) is 3.99. The largest absolute Gasteiger partial charge is 0.207 e. The smallest absolute Gasteiger partial charge is 0.123 e. The van der Waals surface area contributed by atoms with Crippen LogP contribution in [0.3, 0.4) is 0 Å². The SMILES string of the molecule is Fc1ccc(C2C(c3ccccc3)=C(c3ccccc3)C(c3ccccc3)=C2c2ccccc2)cc1. The van der Waals surface area contributed by atoms with Crippen LogP contribution in [-0.2, 0) is 0 Å². The van der Waals surface area contributed by atoms with E-state index in [1.54, 1.807) is 12.1 Å². The zero-order valence-corrected chi connectivity index (χ0v) is 19.8. The van der Waals surface area contributed by atoms with E-state index in [2.05, 4.69) is 121 Å². The molecule has 1 heteroatoms. The van der Waals surface area contributed by atoms with Crippen LogP contribution in [0.5, 0.6) is 0 Å². The van der Waals surface area contributed by atoms with Gasteiger partial charge in [0.05, 0.1) is 0 Å². The van der Waals surface area contributed by atoms with Gasteiger partial charge in [0.25, 0.3) is 0 Å². The fourth-order valence-electron chi connectivity index (χ4n) is 5.36. The molecule has 0 spiro atoms. The molecular formula is C35H25F. The Morgan fingerprint density at radius 1 is 0.361 bits per heavy atom. The maximum absolute atomic E-state index is 14.1. The lowest BCUT2D eigenvalue weighted by Crippen LogP contribution is -2.03. The molecule has 5 aromatic carbocycles. The zero-order chi connectivity index (χ0) is 24.3. The highest BCUT2D eigenvalue weighted by Crippen LogP contribution is 2.58.